The zero-order valence-corrected chi connectivity index (χ0v) is 14.0. The highest BCUT2D eigenvalue weighted by Crippen LogP contribution is 2.32. The van der Waals surface area contributed by atoms with Crippen LogP contribution in [0.15, 0.2) is 24.3 Å². The summed E-state index contributed by atoms with van der Waals surface area (Å²) in [6.45, 7) is 6.09. The Labute approximate surface area is 137 Å². The first-order valence-electron chi connectivity index (χ1n) is 8.13. The summed E-state index contributed by atoms with van der Waals surface area (Å²) in [4.78, 5) is 2.33. The van der Waals surface area contributed by atoms with Crippen LogP contribution in [0.3, 0.4) is 0 Å². The maximum absolute atomic E-state index is 10.3. The fourth-order valence-corrected chi connectivity index (χ4v) is 3.05. The van der Waals surface area contributed by atoms with Crippen LogP contribution in [0.25, 0.3) is 11.3 Å². The largest absolute Gasteiger partial charge is 0.507 e. The number of nitrogens with one attached hydrogen (secondary N) is 1. The van der Waals surface area contributed by atoms with E-state index in [1.54, 1.807) is 0 Å². The van der Waals surface area contributed by atoms with Gasteiger partial charge in [0.25, 0.3) is 0 Å². The van der Waals surface area contributed by atoms with E-state index in [9.17, 15) is 5.11 Å². The Balaban J connectivity index is 1.76. The fourth-order valence-electron chi connectivity index (χ4n) is 3.05. The topological polar surface area (TPSA) is 61.3 Å². The van der Waals surface area contributed by atoms with Crippen molar-refractivity contribution >= 4 is 5.82 Å². The minimum atomic E-state index is 0.286. The molecule has 1 fully saturated rings. The van der Waals surface area contributed by atoms with Crippen LogP contribution in [0.4, 0.5) is 5.82 Å². The van der Waals surface area contributed by atoms with E-state index in [0.29, 0.717) is 11.7 Å². The average molecular weight is 312 g/mol. The summed E-state index contributed by atoms with van der Waals surface area (Å²) in [5.41, 5.74) is 3.37. The summed E-state index contributed by atoms with van der Waals surface area (Å²) in [5, 5.41) is 22.3. The molecule has 0 radical (unpaired) electrons. The minimum absolute atomic E-state index is 0.286. The van der Waals surface area contributed by atoms with Gasteiger partial charge in [0.05, 0.1) is 5.69 Å². The van der Waals surface area contributed by atoms with Crippen molar-refractivity contribution in [2.45, 2.75) is 32.7 Å². The van der Waals surface area contributed by atoms with Crippen molar-refractivity contribution in [3.8, 4) is 17.0 Å². The van der Waals surface area contributed by atoms with Gasteiger partial charge >= 0.3 is 0 Å². The summed E-state index contributed by atoms with van der Waals surface area (Å²) in [5.74, 6) is 1.08. The fraction of sp³-hybridized carbons (Fsp3) is 0.444. The number of piperidine rings is 1. The van der Waals surface area contributed by atoms with Crippen LogP contribution in [-0.2, 0) is 0 Å². The summed E-state index contributed by atoms with van der Waals surface area (Å²) < 4.78 is 0. The molecule has 1 aliphatic rings. The summed E-state index contributed by atoms with van der Waals surface area (Å²) in [7, 11) is 2.14. The smallest absolute Gasteiger partial charge is 0.148 e. The monoisotopic (exact) mass is 312 g/mol. The molecule has 0 spiro atoms. The lowest BCUT2D eigenvalue weighted by Crippen LogP contribution is -2.39. The number of aryl methyl sites for hydroxylation is 1. The molecule has 3 rings (SSSR count). The highest BCUT2D eigenvalue weighted by Gasteiger charge is 2.17. The normalized spacial score (nSPS) is 18.8. The molecule has 2 N–H and O–H groups in total. The molecule has 1 saturated heterocycles. The number of nitrogens with zero attached hydrogens (tertiary/aromatic N) is 3. The molecule has 2 heterocycles. The highest BCUT2D eigenvalue weighted by atomic mass is 16.3. The van der Waals surface area contributed by atoms with E-state index in [0.717, 1.165) is 42.0 Å². The molecule has 0 unspecified atom stereocenters. The predicted octanol–water partition coefficient (Wildman–Crippen LogP) is 2.97. The third-order valence-corrected chi connectivity index (χ3v) is 4.62. The van der Waals surface area contributed by atoms with Crippen LogP contribution in [0.2, 0.25) is 0 Å². The lowest BCUT2D eigenvalue weighted by molar-refractivity contribution is 0.260. The lowest BCUT2D eigenvalue weighted by atomic mass is 10.0. The first-order chi connectivity index (χ1) is 11.0. The zero-order chi connectivity index (χ0) is 16.4. The molecule has 0 aliphatic carbocycles. The van der Waals surface area contributed by atoms with Crippen molar-refractivity contribution < 1.29 is 5.11 Å². The number of anilines is 1. The van der Waals surface area contributed by atoms with E-state index >= 15 is 0 Å². The predicted molar refractivity (Wildman–Crippen MR) is 92.7 cm³/mol. The van der Waals surface area contributed by atoms with Gasteiger partial charge in [-0.05, 0) is 69.6 Å². The number of phenolic OH excluding ortho intramolecular Hbond substituents is 1. The first-order valence-corrected chi connectivity index (χ1v) is 8.13. The Kier molecular flexibility index (Phi) is 4.48. The van der Waals surface area contributed by atoms with Crippen LogP contribution >= 0.6 is 0 Å². The van der Waals surface area contributed by atoms with E-state index < -0.39 is 0 Å². The molecule has 0 amide bonds. The first kappa shape index (κ1) is 15.7. The summed E-state index contributed by atoms with van der Waals surface area (Å²) >= 11 is 0. The molecular weight excluding hydrogens is 288 g/mol. The minimum Gasteiger partial charge on any atom is -0.507 e. The summed E-state index contributed by atoms with van der Waals surface area (Å²) in [6.07, 6.45) is 2.36. The van der Waals surface area contributed by atoms with Gasteiger partial charge < -0.3 is 15.3 Å². The van der Waals surface area contributed by atoms with Gasteiger partial charge in [-0.2, -0.15) is 0 Å². The van der Waals surface area contributed by atoms with Crippen LogP contribution in [-0.4, -0.2) is 46.4 Å². The molecule has 1 aromatic carbocycles. The average Bonchev–Trinajstić information content (AvgIpc) is 2.54. The summed E-state index contributed by atoms with van der Waals surface area (Å²) in [6, 6.07) is 8.15. The van der Waals surface area contributed by atoms with Gasteiger partial charge in [0.15, 0.2) is 0 Å². The van der Waals surface area contributed by atoms with Crippen molar-refractivity contribution in [3.63, 3.8) is 0 Å². The number of likely N-dealkylation sites (N-methyl/N-ethyl adjacent to an activating group) is 1. The molecule has 5 nitrogen and oxygen atoms in total. The van der Waals surface area contributed by atoms with Crippen molar-refractivity contribution in [2.75, 3.05) is 25.5 Å². The van der Waals surface area contributed by atoms with E-state index in [2.05, 4.69) is 27.5 Å². The van der Waals surface area contributed by atoms with Gasteiger partial charge in [-0.3, -0.25) is 0 Å². The Hall–Kier alpha value is -2.14. The van der Waals surface area contributed by atoms with Crippen LogP contribution in [0.1, 0.15) is 24.0 Å². The maximum Gasteiger partial charge on any atom is 0.148 e. The van der Waals surface area contributed by atoms with Crippen molar-refractivity contribution in [1.82, 2.24) is 15.1 Å². The third-order valence-electron chi connectivity index (χ3n) is 4.62. The number of rotatable bonds is 3. The van der Waals surface area contributed by atoms with E-state index in [1.807, 2.05) is 38.1 Å². The van der Waals surface area contributed by atoms with Crippen molar-refractivity contribution in [2.24, 2.45) is 0 Å². The number of phenols is 1. The highest BCUT2D eigenvalue weighted by molar-refractivity contribution is 5.69. The number of benzene rings is 1. The van der Waals surface area contributed by atoms with Crippen molar-refractivity contribution in [3.05, 3.63) is 35.4 Å². The molecule has 122 valence electrons. The van der Waals surface area contributed by atoms with Crippen LogP contribution < -0.4 is 5.32 Å². The van der Waals surface area contributed by atoms with Gasteiger partial charge in [-0.1, -0.05) is 6.07 Å². The van der Waals surface area contributed by atoms with Gasteiger partial charge in [-0.15, -0.1) is 10.2 Å². The van der Waals surface area contributed by atoms with E-state index in [1.165, 1.54) is 6.42 Å². The molecule has 23 heavy (non-hydrogen) atoms. The molecule has 2 aromatic rings. The molecule has 1 aromatic heterocycles. The maximum atomic E-state index is 10.3. The molecule has 1 aliphatic heterocycles. The number of hydrogen-bond acceptors (Lipinski definition) is 5. The number of aromatic hydroxyl groups is 1. The molecule has 0 saturated carbocycles. The standard InChI is InChI=1S/C18H24N4O/c1-12-6-7-15(18(23)13(12)2)16-8-9-17(21-20-16)19-14-5-4-10-22(3)11-14/h6-9,14,23H,4-5,10-11H2,1-3H3,(H,19,21)/t14-/m1/s1. The van der Waals surface area contributed by atoms with Gasteiger partial charge in [0.1, 0.15) is 11.6 Å². The number of likely N-dealkylation sites (tertiary alicyclic amines) is 1. The van der Waals surface area contributed by atoms with Gasteiger partial charge in [-0.25, -0.2) is 0 Å². The SMILES string of the molecule is Cc1ccc(-c2ccc(N[C@@H]3CCCN(C)C3)nn2)c(O)c1C. The molecule has 0 bridgehead atoms. The van der Waals surface area contributed by atoms with Crippen LogP contribution in [0, 0.1) is 13.8 Å². The van der Waals surface area contributed by atoms with Crippen LogP contribution in [0.5, 0.6) is 5.75 Å². The van der Waals surface area contributed by atoms with Gasteiger partial charge in [0.2, 0.25) is 0 Å². The van der Waals surface area contributed by atoms with Gasteiger partial charge in [0, 0.05) is 18.2 Å². The zero-order valence-electron chi connectivity index (χ0n) is 14.0. The second-order valence-electron chi connectivity index (χ2n) is 6.45. The Morgan fingerprint density at radius 2 is 2.00 bits per heavy atom. The quantitative estimate of drug-likeness (QED) is 0.912. The lowest BCUT2D eigenvalue weighted by Gasteiger charge is -2.30. The Morgan fingerprint density at radius 3 is 2.70 bits per heavy atom. The molecular formula is C18H24N4O. The third kappa shape index (κ3) is 3.45. The molecule has 5 heteroatoms. The van der Waals surface area contributed by atoms with E-state index in [4.69, 9.17) is 0 Å². The molecule has 1 atom stereocenters. The van der Waals surface area contributed by atoms with E-state index in [-0.39, 0.29) is 5.75 Å². The van der Waals surface area contributed by atoms with Crippen molar-refractivity contribution in [1.29, 1.82) is 0 Å². The number of aromatic nitrogens is 2. The Morgan fingerprint density at radius 1 is 1.17 bits per heavy atom. The number of hydrogen-bond donors (Lipinski definition) is 2. The second kappa shape index (κ2) is 6.54. The second-order valence-corrected chi connectivity index (χ2v) is 6.45. The Bertz CT molecular complexity index is 684.